The molecular formula is C15H8Cl2F2N4O. The van der Waals surface area contributed by atoms with Crippen LogP contribution in [0.25, 0.3) is 5.69 Å². The summed E-state index contributed by atoms with van der Waals surface area (Å²) in [5, 5.41) is 6.05. The molecule has 3 rings (SSSR count). The summed E-state index contributed by atoms with van der Waals surface area (Å²) in [5.74, 6) is -2.09. The number of carbonyl (C=O) groups is 1. The molecule has 5 nitrogen and oxygen atoms in total. The summed E-state index contributed by atoms with van der Waals surface area (Å²) in [5.41, 5.74) is 0.230. The van der Waals surface area contributed by atoms with E-state index in [0.29, 0.717) is 0 Å². The van der Waals surface area contributed by atoms with Crippen LogP contribution < -0.4 is 5.32 Å². The van der Waals surface area contributed by atoms with Crippen molar-refractivity contribution in [2.45, 2.75) is 0 Å². The van der Waals surface area contributed by atoms with Crippen LogP contribution >= 0.6 is 23.2 Å². The number of hydrogen-bond acceptors (Lipinski definition) is 3. The van der Waals surface area contributed by atoms with Gasteiger partial charge in [-0.25, -0.2) is 18.4 Å². The molecule has 0 fully saturated rings. The Hall–Kier alpha value is -2.51. The quantitative estimate of drug-likeness (QED) is 0.707. The third-order valence-electron chi connectivity index (χ3n) is 3.13. The van der Waals surface area contributed by atoms with Gasteiger partial charge in [-0.3, -0.25) is 4.79 Å². The lowest BCUT2D eigenvalue weighted by atomic mass is 10.2. The summed E-state index contributed by atoms with van der Waals surface area (Å²) in [4.78, 5) is 15.9. The maximum absolute atomic E-state index is 14.1. The first-order valence-electron chi connectivity index (χ1n) is 6.56. The number of halogens is 4. The van der Waals surface area contributed by atoms with E-state index >= 15 is 0 Å². The number of hydrogen-bond donors (Lipinski definition) is 1. The Labute approximate surface area is 144 Å². The number of anilines is 1. The first-order chi connectivity index (χ1) is 11.5. The molecule has 0 aliphatic rings. The second kappa shape index (κ2) is 6.54. The standard InChI is InChI=1S/C15H8Cl2F2N4O/c16-10-5-11(17)12(18)4-9(10)15(24)22-8-1-2-14(13(19)3-8)23-7-20-6-21-23/h1-7H,(H,22,24). The van der Waals surface area contributed by atoms with E-state index in [1.165, 1.54) is 29.5 Å². The van der Waals surface area contributed by atoms with Crippen LogP contribution in [0.1, 0.15) is 10.4 Å². The highest BCUT2D eigenvalue weighted by atomic mass is 35.5. The molecule has 0 saturated carbocycles. The fourth-order valence-corrected chi connectivity index (χ4v) is 2.47. The molecule has 0 radical (unpaired) electrons. The van der Waals surface area contributed by atoms with E-state index < -0.39 is 17.5 Å². The minimum atomic E-state index is -0.779. The molecule has 0 aliphatic carbocycles. The largest absolute Gasteiger partial charge is 0.322 e. The third kappa shape index (κ3) is 3.22. The number of nitrogens with one attached hydrogen (secondary N) is 1. The molecule has 3 aromatic rings. The highest BCUT2D eigenvalue weighted by Crippen LogP contribution is 2.25. The normalized spacial score (nSPS) is 10.7. The van der Waals surface area contributed by atoms with Gasteiger partial charge in [0.15, 0.2) is 5.82 Å². The Morgan fingerprint density at radius 3 is 2.54 bits per heavy atom. The summed E-state index contributed by atoms with van der Waals surface area (Å²) < 4.78 is 28.8. The molecule has 122 valence electrons. The summed E-state index contributed by atoms with van der Waals surface area (Å²) in [6.45, 7) is 0. The molecule has 9 heteroatoms. The zero-order valence-corrected chi connectivity index (χ0v) is 13.3. The lowest BCUT2D eigenvalue weighted by Gasteiger charge is -2.09. The van der Waals surface area contributed by atoms with E-state index in [2.05, 4.69) is 15.4 Å². The summed E-state index contributed by atoms with van der Waals surface area (Å²) in [6.07, 6.45) is 2.61. The SMILES string of the molecule is O=C(Nc1ccc(-n2cncn2)c(F)c1)c1cc(F)c(Cl)cc1Cl. The highest BCUT2D eigenvalue weighted by molar-refractivity contribution is 6.37. The summed E-state index contributed by atoms with van der Waals surface area (Å²) >= 11 is 11.5. The van der Waals surface area contributed by atoms with Crippen LogP contribution in [0, 0.1) is 11.6 Å². The van der Waals surface area contributed by atoms with Gasteiger partial charge in [-0.15, -0.1) is 0 Å². The van der Waals surface area contributed by atoms with Crippen LogP contribution in [-0.2, 0) is 0 Å². The molecule has 0 aliphatic heterocycles. The van der Waals surface area contributed by atoms with Crippen LogP contribution in [0.3, 0.4) is 0 Å². The molecule has 24 heavy (non-hydrogen) atoms. The van der Waals surface area contributed by atoms with Crippen molar-refractivity contribution in [1.82, 2.24) is 14.8 Å². The first-order valence-corrected chi connectivity index (χ1v) is 7.32. The number of rotatable bonds is 3. The van der Waals surface area contributed by atoms with Crippen molar-refractivity contribution >= 4 is 34.8 Å². The van der Waals surface area contributed by atoms with Crippen LogP contribution in [-0.4, -0.2) is 20.7 Å². The van der Waals surface area contributed by atoms with E-state index in [-0.39, 0.29) is 27.0 Å². The minimum absolute atomic E-state index is 0.0152. The van der Waals surface area contributed by atoms with E-state index in [9.17, 15) is 13.6 Å². The van der Waals surface area contributed by atoms with Gasteiger partial charge >= 0.3 is 0 Å². The van der Waals surface area contributed by atoms with Gasteiger partial charge in [-0.05, 0) is 30.3 Å². The fourth-order valence-electron chi connectivity index (χ4n) is 2.00. The Bertz CT molecular complexity index is 916. The molecule has 1 amide bonds. The third-order valence-corrected chi connectivity index (χ3v) is 3.73. The predicted octanol–water partition coefficient (Wildman–Crippen LogP) is 4.10. The first kappa shape index (κ1) is 16.4. The number of aromatic nitrogens is 3. The minimum Gasteiger partial charge on any atom is -0.322 e. The molecule has 0 atom stereocenters. The lowest BCUT2D eigenvalue weighted by molar-refractivity contribution is 0.102. The van der Waals surface area contributed by atoms with Crippen molar-refractivity contribution in [3.05, 3.63) is 70.2 Å². The molecule has 0 unspecified atom stereocenters. The topological polar surface area (TPSA) is 59.8 Å². The zero-order valence-electron chi connectivity index (χ0n) is 11.8. The smallest absolute Gasteiger partial charge is 0.257 e. The van der Waals surface area contributed by atoms with Crippen LogP contribution in [0.15, 0.2) is 43.0 Å². The van der Waals surface area contributed by atoms with Crippen LogP contribution in [0.5, 0.6) is 0 Å². The highest BCUT2D eigenvalue weighted by Gasteiger charge is 2.15. The van der Waals surface area contributed by atoms with E-state index in [1.54, 1.807) is 0 Å². The zero-order chi connectivity index (χ0) is 17.3. The van der Waals surface area contributed by atoms with E-state index in [1.807, 2.05) is 0 Å². The van der Waals surface area contributed by atoms with Gasteiger partial charge < -0.3 is 5.32 Å². The van der Waals surface area contributed by atoms with Gasteiger partial charge in [0.2, 0.25) is 0 Å². The van der Waals surface area contributed by atoms with Crippen molar-refractivity contribution in [3.8, 4) is 5.69 Å². The lowest BCUT2D eigenvalue weighted by Crippen LogP contribution is -2.13. The number of carbonyl (C=O) groups excluding carboxylic acids is 1. The van der Waals surface area contributed by atoms with Crippen molar-refractivity contribution in [1.29, 1.82) is 0 Å². The number of nitrogens with zero attached hydrogens (tertiary/aromatic N) is 3. The average Bonchev–Trinajstić information content (AvgIpc) is 3.05. The van der Waals surface area contributed by atoms with Crippen molar-refractivity contribution < 1.29 is 13.6 Å². The maximum Gasteiger partial charge on any atom is 0.257 e. The summed E-state index contributed by atoms with van der Waals surface area (Å²) in [7, 11) is 0. The van der Waals surface area contributed by atoms with Gasteiger partial charge in [0.25, 0.3) is 5.91 Å². The Morgan fingerprint density at radius 2 is 1.88 bits per heavy atom. The van der Waals surface area contributed by atoms with Crippen molar-refractivity contribution in [2.75, 3.05) is 5.32 Å². The molecule has 1 aromatic heterocycles. The maximum atomic E-state index is 14.1. The van der Waals surface area contributed by atoms with Crippen molar-refractivity contribution in [2.24, 2.45) is 0 Å². The van der Waals surface area contributed by atoms with Gasteiger partial charge in [0, 0.05) is 5.69 Å². The van der Waals surface area contributed by atoms with Crippen LogP contribution in [0.4, 0.5) is 14.5 Å². The predicted molar refractivity (Wildman–Crippen MR) is 85.7 cm³/mol. The molecule has 0 spiro atoms. The van der Waals surface area contributed by atoms with E-state index in [4.69, 9.17) is 23.2 Å². The molecule has 1 N–H and O–H groups in total. The van der Waals surface area contributed by atoms with Gasteiger partial charge in [-0.2, -0.15) is 5.10 Å². The Morgan fingerprint density at radius 1 is 1.08 bits per heavy atom. The fraction of sp³-hybridized carbons (Fsp3) is 0. The second-order valence-corrected chi connectivity index (χ2v) is 5.52. The van der Waals surface area contributed by atoms with Crippen LogP contribution in [0.2, 0.25) is 10.0 Å². The Kier molecular flexibility index (Phi) is 4.46. The molecular weight excluding hydrogens is 361 g/mol. The van der Waals surface area contributed by atoms with E-state index in [0.717, 1.165) is 18.2 Å². The number of amides is 1. The number of benzene rings is 2. The molecule has 0 bridgehead atoms. The Balaban J connectivity index is 1.85. The average molecular weight is 369 g/mol. The monoisotopic (exact) mass is 368 g/mol. The van der Waals surface area contributed by atoms with Crippen molar-refractivity contribution in [3.63, 3.8) is 0 Å². The molecule has 0 saturated heterocycles. The second-order valence-electron chi connectivity index (χ2n) is 4.71. The van der Waals surface area contributed by atoms with Gasteiger partial charge in [-0.1, -0.05) is 23.2 Å². The van der Waals surface area contributed by atoms with Gasteiger partial charge in [0.1, 0.15) is 24.2 Å². The molecule has 2 aromatic carbocycles. The molecule has 1 heterocycles. The van der Waals surface area contributed by atoms with Gasteiger partial charge in [0.05, 0.1) is 15.6 Å². The summed E-state index contributed by atoms with van der Waals surface area (Å²) in [6, 6.07) is 6.04.